The molecule has 0 aliphatic carbocycles. The second-order valence-corrected chi connectivity index (χ2v) is 7.06. The van der Waals surface area contributed by atoms with E-state index in [2.05, 4.69) is 21.9 Å². The zero-order chi connectivity index (χ0) is 15.3. The van der Waals surface area contributed by atoms with E-state index in [-0.39, 0.29) is 10.6 Å². The van der Waals surface area contributed by atoms with Crippen LogP contribution in [0.15, 0.2) is 34.8 Å². The van der Waals surface area contributed by atoms with E-state index in [0.29, 0.717) is 6.54 Å². The molecule has 114 valence electrons. The van der Waals surface area contributed by atoms with Gasteiger partial charge < -0.3 is 5.32 Å². The first-order valence-electron chi connectivity index (χ1n) is 6.43. The monoisotopic (exact) mass is 329 g/mol. The molecule has 2 heterocycles. The summed E-state index contributed by atoms with van der Waals surface area (Å²) in [5, 5.41) is 4.75. The smallest absolute Gasteiger partial charge is 0.262 e. The molecule has 0 saturated carbocycles. The molecule has 2 aromatic rings. The molecule has 2 aromatic heterocycles. The molecule has 0 amide bonds. The van der Waals surface area contributed by atoms with Gasteiger partial charge in [0.05, 0.1) is 16.8 Å². The highest BCUT2D eigenvalue weighted by Gasteiger charge is 2.18. The quantitative estimate of drug-likeness (QED) is 0.766. The summed E-state index contributed by atoms with van der Waals surface area (Å²) in [6, 6.07) is 2.87. The number of hydrogen-bond donors (Lipinski definition) is 2. The molecule has 0 spiro atoms. The number of rotatable bonds is 7. The molecule has 0 saturated heterocycles. The van der Waals surface area contributed by atoms with Gasteiger partial charge in [0.25, 0.3) is 10.0 Å². The Bertz CT molecular complexity index is 701. The number of sulfonamides is 1. The zero-order valence-corrected chi connectivity index (χ0v) is 13.1. The second kappa shape index (κ2) is 6.97. The van der Waals surface area contributed by atoms with Crippen LogP contribution in [0.4, 0.5) is 10.1 Å². The number of hydrogen-bond acceptors (Lipinski definition) is 5. The first-order chi connectivity index (χ1) is 10.0. The number of nitrogens with one attached hydrogen (secondary N) is 2. The van der Waals surface area contributed by atoms with E-state index in [1.165, 1.54) is 23.6 Å². The Morgan fingerprint density at radius 3 is 2.95 bits per heavy atom. The summed E-state index contributed by atoms with van der Waals surface area (Å²) in [5.74, 6) is -0.707. The predicted octanol–water partition coefficient (Wildman–Crippen LogP) is 2.58. The predicted molar refractivity (Wildman–Crippen MR) is 81.3 cm³/mol. The van der Waals surface area contributed by atoms with Crippen LogP contribution in [0, 0.1) is 5.82 Å². The number of nitrogens with zero attached hydrogens (tertiary/aromatic N) is 1. The van der Waals surface area contributed by atoms with Crippen molar-refractivity contribution in [3.05, 3.63) is 40.6 Å². The van der Waals surface area contributed by atoms with Crippen molar-refractivity contribution in [2.24, 2.45) is 0 Å². The van der Waals surface area contributed by atoms with E-state index < -0.39 is 15.8 Å². The topological polar surface area (TPSA) is 71.1 Å². The number of pyridine rings is 1. The van der Waals surface area contributed by atoms with E-state index in [9.17, 15) is 12.8 Å². The fourth-order valence-electron chi connectivity index (χ4n) is 1.64. The van der Waals surface area contributed by atoms with Crippen molar-refractivity contribution in [2.75, 3.05) is 11.3 Å². The van der Waals surface area contributed by atoms with Gasteiger partial charge in [-0.25, -0.2) is 12.8 Å². The third kappa shape index (κ3) is 4.23. The first kappa shape index (κ1) is 15.9. The highest BCUT2D eigenvalue weighted by Crippen LogP contribution is 2.22. The van der Waals surface area contributed by atoms with Gasteiger partial charge in [-0.2, -0.15) is 0 Å². The maximum absolute atomic E-state index is 13.4. The summed E-state index contributed by atoms with van der Waals surface area (Å²) in [6.07, 6.45) is 3.31. The van der Waals surface area contributed by atoms with Gasteiger partial charge >= 0.3 is 0 Å². The maximum atomic E-state index is 13.4. The molecule has 21 heavy (non-hydrogen) atoms. The molecule has 0 atom stereocenters. The summed E-state index contributed by atoms with van der Waals surface area (Å²) in [5.41, 5.74) is -0.109. The first-order valence-corrected chi connectivity index (χ1v) is 8.79. The molecular formula is C13H16FN3O2S2. The van der Waals surface area contributed by atoms with Crippen LogP contribution in [-0.2, 0) is 16.6 Å². The fraction of sp³-hybridized carbons (Fsp3) is 0.308. The molecule has 2 N–H and O–H groups in total. The molecule has 0 radical (unpaired) electrons. The van der Waals surface area contributed by atoms with Crippen molar-refractivity contribution < 1.29 is 12.8 Å². The van der Waals surface area contributed by atoms with Crippen LogP contribution >= 0.6 is 11.3 Å². The van der Waals surface area contributed by atoms with Crippen LogP contribution < -0.4 is 10.0 Å². The Kier molecular flexibility index (Phi) is 5.27. The van der Waals surface area contributed by atoms with Gasteiger partial charge in [0, 0.05) is 23.0 Å². The van der Waals surface area contributed by atoms with Crippen LogP contribution in [0.3, 0.4) is 0 Å². The molecule has 0 unspecified atom stereocenters. The lowest BCUT2D eigenvalue weighted by Gasteiger charge is -2.06. The fourth-order valence-corrected chi connectivity index (χ4v) is 3.96. The van der Waals surface area contributed by atoms with Crippen molar-refractivity contribution in [2.45, 2.75) is 24.8 Å². The number of anilines is 1. The lowest BCUT2D eigenvalue weighted by Crippen LogP contribution is -2.14. The van der Waals surface area contributed by atoms with E-state index in [0.717, 1.165) is 24.0 Å². The number of halogens is 1. The van der Waals surface area contributed by atoms with E-state index >= 15 is 0 Å². The molecule has 0 aliphatic rings. The highest BCUT2D eigenvalue weighted by molar-refractivity contribution is 7.92. The van der Waals surface area contributed by atoms with Crippen LogP contribution in [0.2, 0.25) is 0 Å². The van der Waals surface area contributed by atoms with Gasteiger partial charge in [0.1, 0.15) is 0 Å². The highest BCUT2D eigenvalue weighted by atomic mass is 32.2. The minimum atomic E-state index is -3.78. The van der Waals surface area contributed by atoms with E-state index in [4.69, 9.17) is 0 Å². The van der Waals surface area contributed by atoms with E-state index in [1.807, 2.05) is 0 Å². The molecular weight excluding hydrogens is 313 g/mol. The summed E-state index contributed by atoms with van der Waals surface area (Å²) in [7, 11) is -3.78. The molecule has 5 nitrogen and oxygen atoms in total. The summed E-state index contributed by atoms with van der Waals surface area (Å²) >= 11 is 1.35. The van der Waals surface area contributed by atoms with Gasteiger partial charge in [0.15, 0.2) is 5.82 Å². The number of thiophene rings is 1. The lowest BCUT2D eigenvalue weighted by molar-refractivity contribution is 0.598. The molecule has 0 aliphatic heterocycles. The van der Waals surface area contributed by atoms with Gasteiger partial charge in [-0.05, 0) is 25.1 Å². The average Bonchev–Trinajstić information content (AvgIpc) is 2.91. The molecule has 2 rings (SSSR count). The van der Waals surface area contributed by atoms with Crippen LogP contribution in [0.25, 0.3) is 0 Å². The van der Waals surface area contributed by atoms with Crippen molar-refractivity contribution >= 4 is 27.0 Å². The summed E-state index contributed by atoms with van der Waals surface area (Å²) < 4.78 is 40.0. The largest absolute Gasteiger partial charge is 0.312 e. The van der Waals surface area contributed by atoms with Crippen LogP contribution in [-0.4, -0.2) is 19.9 Å². The Morgan fingerprint density at radius 2 is 2.24 bits per heavy atom. The minimum absolute atomic E-state index is 0.109. The van der Waals surface area contributed by atoms with Gasteiger partial charge in [-0.3, -0.25) is 9.71 Å². The summed E-state index contributed by atoms with van der Waals surface area (Å²) in [6.45, 7) is 3.56. The third-order valence-electron chi connectivity index (χ3n) is 2.68. The SMILES string of the molecule is CCCNCc1cc(S(=O)(=O)Nc2ccncc2F)cs1. The Morgan fingerprint density at radius 1 is 1.43 bits per heavy atom. The third-order valence-corrected chi connectivity index (χ3v) is 5.11. The van der Waals surface area contributed by atoms with E-state index in [1.54, 1.807) is 11.4 Å². The zero-order valence-electron chi connectivity index (χ0n) is 11.5. The molecule has 0 fully saturated rings. The molecule has 0 aromatic carbocycles. The second-order valence-electron chi connectivity index (χ2n) is 4.39. The summed E-state index contributed by atoms with van der Waals surface area (Å²) in [4.78, 5) is 4.63. The Hall–Kier alpha value is -1.51. The maximum Gasteiger partial charge on any atom is 0.262 e. The Balaban J connectivity index is 2.11. The average molecular weight is 329 g/mol. The Labute approximate surface area is 127 Å². The standard InChI is InChI=1S/C13H16FN3O2S2/c1-2-4-15-7-10-6-11(9-20-10)21(18,19)17-13-3-5-16-8-12(13)14/h3,5-6,8-9,15H,2,4,7H2,1H3,(H,16,17). The van der Waals surface area contributed by atoms with Crippen molar-refractivity contribution in [3.63, 3.8) is 0 Å². The van der Waals surface area contributed by atoms with Crippen LogP contribution in [0.1, 0.15) is 18.2 Å². The normalized spacial score (nSPS) is 11.5. The molecule has 0 bridgehead atoms. The van der Waals surface area contributed by atoms with Gasteiger partial charge in [0.2, 0.25) is 0 Å². The van der Waals surface area contributed by atoms with Crippen molar-refractivity contribution in [1.29, 1.82) is 0 Å². The van der Waals surface area contributed by atoms with Crippen molar-refractivity contribution in [3.8, 4) is 0 Å². The van der Waals surface area contributed by atoms with Gasteiger partial charge in [-0.1, -0.05) is 6.92 Å². The van der Waals surface area contributed by atoms with Gasteiger partial charge in [-0.15, -0.1) is 11.3 Å². The van der Waals surface area contributed by atoms with Crippen LogP contribution in [0.5, 0.6) is 0 Å². The minimum Gasteiger partial charge on any atom is -0.312 e. The lowest BCUT2D eigenvalue weighted by atomic mass is 10.4. The molecule has 8 heteroatoms. The number of aromatic nitrogens is 1. The van der Waals surface area contributed by atoms with Crippen molar-refractivity contribution in [1.82, 2.24) is 10.3 Å².